The smallest absolute Gasteiger partial charge is 0.393 e. The van der Waals surface area contributed by atoms with Gasteiger partial charge in [0.05, 0.1) is 12.5 Å². The molecule has 0 aromatic heterocycles. The third-order valence-electron chi connectivity index (χ3n) is 2.18. The fraction of sp³-hybridized carbons (Fsp3) is 0.875. The Labute approximate surface area is 79.6 Å². The Morgan fingerprint density at radius 1 is 1.57 bits per heavy atom. The van der Waals surface area contributed by atoms with Crippen LogP contribution >= 0.6 is 0 Å². The molecule has 0 bridgehead atoms. The molecular formula is C8H12F3NO2. The van der Waals surface area contributed by atoms with Crippen LogP contribution in [0.5, 0.6) is 0 Å². The van der Waals surface area contributed by atoms with E-state index in [1.807, 2.05) is 0 Å². The van der Waals surface area contributed by atoms with E-state index in [4.69, 9.17) is 0 Å². The third kappa shape index (κ3) is 2.37. The molecule has 1 rings (SSSR count). The van der Waals surface area contributed by atoms with Gasteiger partial charge in [0, 0.05) is 0 Å². The highest BCUT2D eigenvalue weighted by Crippen LogP contribution is 2.34. The number of carbonyl (C=O) groups is 1. The van der Waals surface area contributed by atoms with Gasteiger partial charge in [0.1, 0.15) is 6.04 Å². The zero-order valence-corrected chi connectivity index (χ0v) is 7.73. The number of hydrogen-bond acceptors (Lipinski definition) is 3. The molecule has 0 aliphatic carbocycles. The Morgan fingerprint density at radius 3 is 2.71 bits per heavy atom. The van der Waals surface area contributed by atoms with E-state index in [9.17, 15) is 18.0 Å². The molecule has 2 atom stereocenters. The minimum absolute atomic E-state index is 0.0625. The maximum absolute atomic E-state index is 12.4. The van der Waals surface area contributed by atoms with Crippen molar-refractivity contribution in [3.63, 3.8) is 0 Å². The predicted molar refractivity (Wildman–Crippen MR) is 42.6 cm³/mol. The first-order valence-electron chi connectivity index (χ1n) is 4.43. The second-order valence-electron chi connectivity index (χ2n) is 3.12. The summed E-state index contributed by atoms with van der Waals surface area (Å²) in [4.78, 5) is 11.1. The van der Waals surface area contributed by atoms with Gasteiger partial charge in [-0.05, 0) is 19.9 Å². The number of ether oxygens (including phenoxy) is 1. The molecule has 82 valence electrons. The van der Waals surface area contributed by atoms with Crippen LogP contribution < -0.4 is 5.32 Å². The number of alkyl halides is 3. The highest BCUT2D eigenvalue weighted by atomic mass is 19.4. The van der Waals surface area contributed by atoms with Crippen molar-refractivity contribution in [1.82, 2.24) is 5.32 Å². The van der Waals surface area contributed by atoms with Crippen LogP contribution in [-0.4, -0.2) is 31.3 Å². The molecule has 0 aromatic carbocycles. The predicted octanol–water partition coefficient (Wildman–Crippen LogP) is 1.09. The Hall–Kier alpha value is -0.780. The van der Waals surface area contributed by atoms with Crippen molar-refractivity contribution in [2.75, 3.05) is 13.2 Å². The standard InChI is InChI=1S/C8H12F3NO2/c1-2-14-7(13)6-5(3-4-12-6)8(9,10)11/h5-6,12H,2-4H2,1H3/t5-,6+/m1/s1. The van der Waals surface area contributed by atoms with Gasteiger partial charge in [-0.3, -0.25) is 4.79 Å². The first kappa shape index (κ1) is 11.3. The largest absolute Gasteiger partial charge is 0.465 e. The molecule has 1 heterocycles. The summed E-state index contributed by atoms with van der Waals surface area (Å²) in [7, 11) is 0. The number of esters is 1. The van der Waals surface area contributed by atoms with Crippen LogP contribution in [0.1, 0.15) is 13.3 Å². The summed E-state index contributed by atoms with van der Waals surface area (Å²) in [6.07, 6.45) is -4.39. The molecule has 0 amide bonds. The number of rotatable bonds is 2. The number of halogens is 3. The van der Waals surface area contributed by atoms with Gasteiger partial charge in [0.25, 0.3) is 0 Å². The zero-order chi connectivity index (χ0) is 10.8. The Balaban J connectivity index is 2.64. The lowest BCUT2D eigenvalue weighted by atomic mass is 10.0. The van der Waals surface area contributed by atoms with Gasteiger partial charge >= 0.3 is 12.1 Å². The van der Waals surface area contributed by atoms with Crippen LogP contribution in [0, 0.1) is 5.92 Å². The normalized spacial score (nSPS) is 27.7. The average molecular weight is 211 g/mol. The minimum atomic E-state index is -4.33. The van der Waals surface area contributed by atoms with Crippen molar-refractivity contribution in [2.45, 2.75) is 25.6 Å². The second kappa shape index (κ2) is 4.16. The molecule has 0 unspecified atom stereocenters. The molecule has 3 nitrogen and oxygen atoms in total. The summed E-state index contributed by atoms with van der Waals surface area (Å²) in [5, 5.41) is 2.50. The summed E-state index contributed by atoms with van der Waals surface area (Å²) >= 11 is 0. The van der Waals surface area contributed by atoms with Crippen molar-refractivity contribution in [3.8, 4) is 0 Å². The van der Waals surface area contributed by atoms with Crippen molar-refractivity contribution in [1.29, 1.82) is 0 Å². The molecule has 0 aromatic rings. The molecule has 1 N–H and O–H groups in total. The number of hydrogen-bond donors (Lipinski definition) is 1. The van der Waals surface area contributed by atoms with Crippen LogP contribution in [0.2, 0.25) is 0 Å². The van der Waals surface area contributed by atoms with Crippen LogP contribution in [-0.2, 0) is 9.53 Å². The van der Waals surface area contributed by atoms with Gasteiger partial charge in [0.15, 0.2) is 0 Å². The molecule has 0 saturated carbocycles. The molecule has 1 saturated heterocycles. The molecule has 14 heavy (non-hydrogen) atoms. The maximum Gasteiger partial charge on any atom is 0.393 e. The SMILES string of the molecule is CCOC(=O)[C@H]1NCC[C@H]1C(F)(F)F. The van der Waals surface area contributed by atoms with Crippen LogP contribution in [0.25, 0.3) is 0 Å². The summed E-state index contributed by atoms with van der Waals surface area (Å²) in [5.74, 6) is -2.42. The Bertz CT molecular complexity index is 217. The lowest BCUT2D eigenvalue weighted by Crippen LogP contribution is -2.42. The Morgan fingerprint density at radius 2 is 2.21 bits per heavy atom. The molecule has 1 aliphatic heterocycles. The molecular weight excluding hydrogens is 199 g/mol. The summed E-state index contributed by atoms with van der Waals surface area (Å²) in [5.41, 5.74) is 0. The second-order valence-corrected chi connectivity index (χ2v) is 3.12. The minimum Gasteiger partial charge on any atom is -0.465 e. The lowest BCUT2D eigenvalue weighted by molar-refractivity contribution is -0.185. The van der Waals surface area contributed by atoms with E-state index in [0.717, 1.165) is 0 Å². The highest BCUT2D eigenvalue weighted by molar-refractivity contribution is 5.76. The van der Waals surface area contributed by atoms with E-state index in [-0.39, 0.29) is 19.6 Å². The molecule has 1 aliphatic rings. The fourth-order valence-corrected chi connectivity index (χ4v) is 1.54. The van der Waals surface area contributed by atoms with Crippen molar-refractivity contribution < 1.29 is 22.7 Å². The van der Waals surface area contributed by atoms with Crippen LogP contribution in [0.15, 0.2) is 0 Å². The zero-order valence-electron chi connectivity index (χ0n) is 7.73. The van der Waals surface area contributed by atoms with Gasteiger partial charge in [-0.25, -0.2) is 0 Å². The van der Waals surface area contributed by atoms with Gasteiger partial charge < -0.3 is 10.1 Å². The maximum atomic E-state index is 12.4. The Kier molecular flexibility index (Phi) is 3.36. The van der Waals surface area contributed by atoms with E-state index < -0.39 is 24.1 Å². The van der Waals surface area contributed by atoms with Gasteiger partial charge in [-0.15, -0.1) is 0 Å². The molecule has 0 radical (unpaired) electrons. The van der Waals surface area contributed by atoms with Crippen molar-refractivity contribution in [3.05, 3.63) is 0 Å². The average Bonchev–Trinajstić information content (AvgIpc) is 2.50. The van der Waals surface area contributed by atoms with Crippen LogP contribution in [0.3, 0.4) is 0 Å². The molecule has 6 heteroatoms. The monoisotopic (exact) mass is 211 g/mol. The lowest BCUT2D eigenvalue weighted by Gasteiger charge is -2.20. The quantitative estimate of drug-likeness (QED) is 0.695. The van der Waals surface area contributed by atoms with Crippen molar-refractivity contribution in [2.24, 2.45) is 5.92 Å². The first-order chi connectivity index (χ1) is 6.46. The summed E-state index contributed by atoms with van der Waals surface area (Å²) < 4.78 is 41.6. The van der Waals surface area contributed by atoms with E-state index >= 15 is 0 Å². The fourth-order valence-electron chi connectivity index (χ4n) is 1.54. The third-order valence-corrected chi connectivity index (χ3v) is 2.18. The number of carbonyl (C=O) groups excluding carboxylic acids is 1. The van der Waals surface area contributed by atoms with E-state index in [0.29, 0.717) is 0 Å². The first-order valence-corrected chi connectivity index (χ1v) is 4.43. The molecule has 1 fully saturated rings. The highest BCUT2D eigenvalue weighted by Gasteiger charge is 2.50. The number of nitrogens with one attached hydrogen (secondary N) is 1. The van der Waals surface area contributed by atoms with E-state index in [1.165, 1.54) is 0 Å². The topological polar surface area (TPSA) is 38.3 Å². The van der Waals surface area contributed by atoms with Gasteiger partial charge in [-0.1, -0.05) is 0 Å². The van der Waals surface area contributed by atoms with Crippen LogP contribution in [0.4, 0.5) is 13.2 Å². The van der Waals surface area contributed by atoms with Gasteiger partial charge in [-0.2, -0.15) is 13.2 Å². The van der Waals surface area contributed by atoms with E-state index in [2.05, 4.69) is 10.1 Å². The summed E-state index contributed by atoms with van der Waals surface area (Å²) in [6.45, 7) is 1.87. The molecule has 0 spiro atoms. The van der Waals surface area contributed by atoms with Crippen molar-refractivity contribution >= 4 is 5.97 Å². The van der Waals surface area contributed by atoms with E-state index in [1.54, 1.807) is 6.92 Å². The van der Waals surface area contributed by atoms with Gasteiger partial charge in [0.2, 0.25) is 0 Å². The summed E-state index contributed by atoms with van der Waals surface area (Å²) in [6, 6.07) is -1.23.